The second-order valence-electron chi connectivity index (χ2n) is 2.92. The summed E-state index contributed by atoms with van der Waals surface area (Å²) in [5, 5.41) is 0. The van der Waals surface area contributed by atoms with Crippen LogP contribution in [0.5, 0.6) is 11.5 Å². The Hall–Kier alpha value is -1.39. The molecule has 1 aliphatic heterocycles. The molecule has 2 rings (SSSR count). The number of ether oxygens (including phenoxy) is 2. The van der Waals surface area contributed by atoms with Gasteiger partial charge in [0.15, 0.2) is 11.6 Å². The Morgan fingerprint density at radius 1 is 0.857 bits per heavy atom. The molecule has 1 heterocycles. The maximum absolute atomic E-state index is 13.3. The lowest BCUT2D eigenvalue weighted by molar-refractivity contribution is 0.154. The van der Waals surface area contributed by atoms with Crippen LogP contribution in [0.1, 0.15) is 5.56 Å². The van der Waals surface area contributed by atoms with Gasteiger partial charge in [0.2, 0.25) is 17.3 Å². The van der Waals surface area contributed by atoms with Gasteiger partial charge in [-0.1, -0.05) is 0 Å². The summed E-state index contributed by atoms with van der Waals surface area (Å²) < 4.78 is 49.2. The zero-order valence-corrected chi connectivity index (χ0v) is 7.36. The molecule has 0 fully saturated rings. The van der Waals surface area contributed by atoms with Gasteiger partial charge in [-0.05, 0) is 6.92 Å². The van der Waals surface area contributed by atoms with Gasteiger partial charge in [-0.2, -0.15) is 4.39 Å². The summed E-state index contributed by atoms with van der Waals surface area (Å²) in [5.41, 5.74) is -0.397. The van der Waals surface area contributed by atoms with E-state index in [1.54, 1.807) is 0 Å². The summed E-state index contributed by atoms with van der Waals surface area (Å²) in [6.07, 6.45) is 0. The minimum absolute atomic E-state index is 0.0891. The van der Waals surface area contributed by atoms with Crippen LogP contribution in [0.15, 0.2) is 0 Å². The van der Waals surface area contributed by atoms with E-state index in [9.17, 15) is 13.2 Å². The fourth-order valence-corrected chi connectivity index (χ4v) is 1.28. The highest BCUT2D eigenvalue weighted by molar-refractivity contribution is 5.47. The molecule has 0 bridgehead atoms. The first-order valence-electron chi connectivity index (χ1n) is 4.05. The Morgan fingerprint density at radius 3 is 1.93 bits per heavy atom. The summed E-state index contributed by atoms with van der Waals surface area (Å²) in [5.74, 6) is -4.14. The molecule has 0 amide bonds. The van der Waals surface area contributed by atoms with Gasteiger partial charge in [0.1, 0.15) is 13.2 Å². The van der Waals surface area contributed by atoms with Crippen LogP contribution in [-0.4, -0.2) is 13.2 Å². The van der Waals surface area contributed by atoms with Crippen molar-refractivity contribution < 1.29 is 22.6 Å². The minimum atomic E-state index is -1.23. The fourth-order valence-electron chi connectivity index (χ4n) is 1.28. The summed E-state index contributed by atoms with van der Waals surface area (Å²) in [6.45, 7) is 1.37. The van der Waals surface area contributed by atoms with Crippen molar-refractivity contribution in [3.05, 3.63) is 23.0 Å². The Labute approximate surface area is 78.2 Å². The molecule has 0 aromatic heterocycles. The predicted octanol–water partition coefficient (Wildman–Crippen LogP) is 2.18. The quantitative estimate of drug-likeness (QED) is 0.603. The van der Waals surface area contributed by atoms with Crippen LogP contribution in [-0.2, 0) is 0 Å². The van der Waals surface area contributed by atoms with Gasteiger partial charge in [0.05, 0.1) is 0 Å². The van der Waals surface area contributed by atoms with Crippen molar-refractivity contribution in [2.75, 3.05) is 13.2 Å². The van der Waals surface area contributed by atoms with Crippen LogP contribution in [0.25, 0.3) is 0 Å². The molecule has 0 saturated carbocycles. The van der Waals surface area contributed by atoms with Gasteiger partial charge in [-0.3, -0.25) is 0 Å². The molecule has 0 spiro atoms. The van der Waals surface area contributed by atoms with E-state index in [-0.39, 0.29) is 19.0 Å². The largest absolute Gasteiger partial charge is 0.483 e. The monoisotopic (exact) mass is 204 g/mol. The normalized spacial score (nSPS) is 14.3. The third kappa shape index (κ3) is 1.12. The molecule has 0 saturated heterocycles. The number of fused-ring (bicyclic) bond motifs is 1. The van der Waals surface area contributed by atoms with Crippen molar-refractivity contribution in [2.24, 2.45) is 0 Å². The summed E-state index contributed by atoms with van der Waals surface area (Å²) in [7, 11) is 0. The first kappa shape index (κ1) is 9.18. The van der Waals surface area contributed by atoms with Crippen molar-refractivity contribution in [3.63, 3.8) is 0 Å². The molecular formula is C9H7F3O2. The van der Waals surface area contributed by atoms with E-state index < -0.39 is 28.8 Å². The maximum Gasteiger partial charge on any atom is 0.205 e. The van der Waals surface area contributed by atoms with E-state index in [0.29, 0.717) is 0 Å². The molecule has 5 heteroatoms. The molecule has 1 aliphatic rings. The Morgan fingerprint density at radius 2 is 1.36 bits per heavy atom. The number of rotatable bonds is 0. The van der Waals surface area contributed by atoms with Crippen LogP contribution in [0, 0.1) is 24.4 Å². The number of hydrogen-bond donors (Lipinski definition) is 0. The van der Waals surface area contributed by atoms with E-state index in [1.165, 1.54) is 0 Å². The molecule has 0 atom stereocenters. The molecule has 76 valence electrons. The summed E-state index contributed by atoms with van der Waals surface area (Å²) >= 11 is 0. The molecule has 0 aliphatic carbocycles. The standard InChI is InChI=1S/C9H7F3O2/c1-4-5(10)7(12)9-8(6(4)11)13-2-3-14-9/h2-3H2,1H3. The molecule has 1 aromatic carbocycles. The van der Waals surface area contributed by atoms with Crippen LogP contribution >= 0.6 is 0 Å². The lowest BCUT2D eigenvalue weighted by Crippen LogP contribution is -2.19. The second-order valence-corrected chi connectivity index (χ2v) is 2.92. The van der Waals surface area contributed by atoms with E-state index in [4.69, 9.17) is 9.47 Å². The average Bonchev–Trinajstić information content (AvgIpc) is 2.23. The average molecular weight is 204 g/mol. The van der Waals surface area contributed by atoms with Crippen molar-refractivity contribution in [1.82, 2.24) is 0 Å². The molecule has 14 heavy (non-hydrogen) atoms. The second kappa shape index (κ2) is 3.08. The van der Waals surface area contributed by atoms with E-state index in [2.05, 4.69) is 0 Å². The highest BCUT2D eigenvalue weighted by atomic mass is 19.2. The topological polar surface area (TPSA) is 18.5 Å². The number of benzene rings is 1. The Kier molecular flexibility index (Phi) is 2.02. The van der Waals surface area contributed by atoms with Crippen LogP contribution < -0.4 is 9.47 Å². The van der Waals surface area contributed by atoms with Gasteiger partial charge in [-0.15, -0.1) is 0 Å². The van der Waals surface area contributed by atoms with Crippen LogP contribution in [0.4, 0.5) is 13.2 Å². The molecule has 0 radical (unpaired) electrons. The molecule has 0 N–H and O–H groups in total. The Bertz CT molecular complexity index is 353. The lowest BCUT2D eigenvalue weighted by Gasteiger charge is -2.20. The van der Waals surface area contributed by atoms with Gasteiger partial charge >= 0.3 is 0 Å². The molecular weight excluding hydrogens is 197 g/mol. The summed E-state index contributed by atoms with van der Waals surface area (Å²) in [4.78, 5) is 0. The van der Waals surface area contributed by atoms with E-state index >= 15 is 0 Å². The van der Waals surface area contributed by atoms with Gasteiger partial charge < -0.3 is 9.47 Å². The van der Waals surface area contributed by atoms with Gasteiger partial charge in [0.25, 0.3) is 0 Å². The molecule has 0 unspecified atom stereocenters. The number of halogens is 3. The van der Waals surface area contributed by atoms with Crippen molar-refractivity contribution in [1.29, 1.82) is 0 Å². The summed E-state index contributed by atoms with van der Waals surface area (Å²) in [6, 6.07) is 0. The third-order valence-corrected chi connectivity index (χ3v) is 2.03. The van der Waals surface area contributed by atoms with Gasteiger partial charge in [0, 0.05) is 5.56 Å². The highest BCUT2D eigenvalue weighted by Crippen LogP contribution is 2.38. The lowest BCUT2D eigenvalue weighted by atomic mass is 10.1. The minimum Gasteiger partial charge on any atom is -0.483 e. The van der Waals surface area contributed by atoms with E-state index in [1.807, 2.05) is 0 Å². The van der Waals surface area contributed by atoms with Crippen molar-refractivity contribution in [2.45, 2.75) is 6.92 Å². The van der Waals surface area contributed by atoms with Crippen LogP contribution in [0.2, 0.25) is 0 Å². The van der Waals surface area contributed by atoms with Gasteiger partial charge in [-0.25, -0.2) is 8.78 Å². The number of hydrogen-bond acceptors (Lipinski definition) is 2. The Balaban J connectivity index is 2.71. The van der Waals surface area contributed by atoms with E-state index in [0.717, 1.165) is 6.92 Å². The smallest absolute Gasteiger partial charge is 0.205 e. The zero-order valence-electron chi connectivity index (χ0n) is 7.36. The highest BCUT2D eigenvalue weighted by Gasteiger charge is 2.27. The third-order valence-electron chi connectivity index (χ3n) is 2.03. The molecule has 1 aromatic rings. The SMILES string of the molecule is Cc1c(F)c(F)c2c(c1F)OCCO2. The first-order chi connectivity index (χ1) is 6.63. The van der Waals surface area contributed by atoms with Crippen molar-refractivity contribution >= 4 is 0 Å². The van der Waals surface area contributed by atoms with Crippen molar-refractivity contribution in [3.8, 4) is 11.5 Å². The zero-order chi connectivity index (χ0) is 10.3. The fraction of sp³-hybridized carbons (Fsp3) is 0.333. The maximum atomic E-state index is 13.3. The van der Waals surface area contributed by atoms with Crippen LogP contribution in [0.3, 0.4) is 0 Å². The predicted molar refractivity (Wildman–Crippen MR) is 42.0 cm³/mol. The molecule has 2 nitrogen and oxygen atoms in total. The first-order valence-corrected chi connectivity index (χ1v) is 4.05.